The van der Waals surface area contributed by atoms with Crippen molar-refractivity contribution in [2.45, 2.75) is 59.6 Å². The van der Waals surface area contributed by atoms with Crippen molar-refractivity contribution in [1.29, 1.82) is 0 Å². The summed E-state index contributed by atoms with van der Waals surface area (Å²) < 4.78 is 5.57. The van der Waals surface area contributed by atoms with Gasteiger partial charge >= 0.3 is 5.97 Å². The molecule has 0 saturated heterocycles. The second-order valence-electron chi connectivity index (χ2n) is 8.03. The maximum Gasteiger partial charge on any atom is 0.336 e. The number of esters is 1. The first-order valence-corrected chi connectivity index (χ1v) is 10.1. The van der Waals surface area contributed by atoms with Crippen LogP contribution >= 0.6 is 0 Å². The van der Waals surface area contributed by atoms with Gasteiger partial charge in [-0.25, -0.2) is 4.79 Å². The molecule has 0 aliphatic carbocycles. The summed E-state index contributed by atoms with van der Waals surface area (Å²) in [5.41, 5.74) is 5.55. The summed E-state index contributed by atoms with van der Waals surface area (Å²) in [6.07, 6.45) is 0.0415. The number of benzene rings is 2. The third kappa shape index (κ3) is 4.58. The second kappa shape index (κ2) is 8.64. The number of carbonyl (C=O) groups excluding carboxylic acids is 2. The van der Waals surface area contributed by atoms with E-state index in [4.69, 9.17) is 4.74 Å². The van der Waals surface area contributed by atoms with E-state index >= 15 is 0 Å². The molecule has 1 aliphatic rings. The smallest absolute Gasteiger partial charge is 0.336 e. The quantitative estimate of drug-likeness (QED) is 0.671. The third-order valence-electron chi connectivity index (χ3n) is 5.41. The number of aryl methyl sites for hydroxylation is 2. The fraction of sp³-hybridized carbons (Fsp3) is 0.360. The van der Waals surface area contributed by atoms with Crippen LogP contribution in [0, 0.1) is 13.8 Å². The van der Waals surface area contributed by atoms with Crippen LogP contribution in [0.25, 0.3) is 0 Å². The standard InChI is InChI=1S/C25H29NO3/c1-16(2)29-25(28)24-19(5)26(15-20-12-10-17(3)11-13-20)23(27)14-22(24)21-9-7-6-8-18(21)4/h6-13,16,22H,14-15H2,1-5H3/t22-/m1/s1. The van der Waals surface area contributed by atoms with E-state index in [0.717, 1.165) is 16.7 Å². The summed E-state index contributed by atoms with van der Waals surface area (Å²) in [6.45, 7) is 10.0. The van der Waals surface area contributed by atoms with Crippen molar-refractivity contribution in [3.63, 3.8) is 0 Å². The zero-order valence-corrected chi connectivity index (χ0v) is 17.9. The molecule has 3 rings (SSSR count). The molecule has 152 valence electrons. The lowest BCUT2D eigenvalue weighted by Gasteiger charge is -2.35. The molecule has 0 bridgehead atoms. The van der Waals surface area contributed by atoms with E-state index < -0.39 is 0 Å². The van der Waals surface area contributed by atoms with Crippen LogP contribution in [-0.4, -0.2) is 22.9 Å². The Morgan fingerprint density at radius 1 is 1.07 bits per heavy atom. The van der Waals surface area contributed by atoms with Crippen molar-refractivity contribution >= 4 is 11.9 Å². The topological polar surface area (TPSA) is 46.6 Å². The van der Waals surface area contributed by atoms with Gasteiger partial charge in [0.25, 0.3) is 0 Å². The van der Waals surface area contributed by atoms with Gasteiger partial charge in [0.1, 0.15) is 0 Å². The molecule has 1 heterocycles. The lowest BCUT2D eigenvalue weighted by Crippen LogP contribution is -2.38. The van der Waals surface area contributed by atoms with Crippen LogP contribution in [0.4, 0.5) is 0 Å². The number of allylic oxidation sites excluding steroid dienone is 1. The summed E-state index contributed by atoms with van der Waals surface area (Å²) in [5.74, 6) is -0.603. The lowest BCUT2D eigenvalue weighted by atomic mass is 9.81. The summed E-state index contributed by atoms with van der Waals surface area (Å²) in [7, 11) is 0. The van der Waals surface area contributed by atoms with E-state index in [9.17, 15) is 9.59 Å². The Labute approximate surface area is 173 Å². The molecule has 0 unspecified atom stereocenters. The molecule has 0 radical (unpaired) electrons. The van der Waals surface area contributed by atoms with Crippen LogP contribution in [0.15, 0.2) is 59.8 Å². The Hall–Kier alpha value is -2.88. The number of rotatable bonds is 5. The van der Waals surface area contributed by atoms with Gasteiger partial charge in [0, 0.05) is 18.0 Å². The number of nitrogens with zero attached hydrogens (tertiary/aromatic N) is 1. The van der Waals surface area contributed by atoms with Gasteiger partial charge in [-0.1, -0.05) is 54.1 Å². The maximum absolute atomic E-state index is 13.1. The number of carbonyl (C=O) groups is 2. The maximum atomic E-state index is 13.1. The highest BCUT2D eigenvalue weighted by atomic mass is 16.5. The average molecular weight is 392 g/mol. The van der Waals surface area contributed by atoms with E-state index in [1.807, 2.05) is 83.1 Å². The Balaban J connectivity index is 2.04. The van der Waals surface area contributed by atoms with Crippen molar-refractivity contribution in [3.8, 4) is 0 Å². The zero-order chi connectivity index (χ0) is 21.1. The first kappa shape index (κ1) is 20.8. The highest BCUT2D eigenvalue weighted by Crippen LogP contribution is 2.39. The molecular formula is C25H29NO3. The molecule has 0 spiro atoms. The van der Waals surface area contributed by atoms with Crippen molar-refractivity contribution in [1.82, 2.24) is 4.90 Å². The van der Waals surface area contributed by atoms with Crippen LogP contribution in [0.1, 0.15) is 55.4 Å². The van der Waals surface area contributed by atoms with E-state index in [1.54, 1.807) is 4.90 Å². The molecule has 1 amide bonds. The third-order valence-corrected chi connectivity index (χ3v) is 5.41. The molecule has 0 N–H and O–H groups in total. The summed E-state index contributed by atoms with van der Waals surface area (Å²) >= 11 is 0. The molecule has 0 aromatic heterocycles. The van der Waals surface area contributed by atoms with E-state index in [1.165, 1.54) is 5.56 Å². The van der Waals surface area contributed by atoms with Crippen LogP contribution in [0.5, 0.6) is 0 Å². The van der Waals surface area contributed by atoms with E-state index in [-0.39, 0.29) is 30.3 Å². The molecule has 1 aliphatic heterocycles. The first-order valence-electron chi connectivity index (χ1n) is 10.1. The molecule has 1 atom stereocenters. The van der Waals surface area contributed by atoms with Gasteiger partial charge < -0.3 is 9.64 Å². The van der Waals surface area contributed by atoms with Gasteiger partial charge in [0.15, 0.2) is 0 Å². The van der Waals surface area contributed by atoms with Crippen LogP contribution in [0.2, 0.25) is 0 Å². The van der Waals surface area contributed by atoms with Gasteiger partial charge in [-0.2, -0.15) is 0 Å². The van der Waals surface area contributed by atoms with Gasteiger partial charge in [-0.05, 0) is 51.3 Å². The molecule has 2 aromatic rings. The van der Waals surface area contributed by atoms with Crippen molar-refractivity contribution < 1.29 is 14.3 Å². The Morgan fingerprint density at radius 2 is 1.72 bits per heavy atom. The van der Waals surface area contributed by atoms with Crippen LogP contribution in [0.3, 0.4) is 0 Å². The SMILES string of the molecule is CC1=C(C(=O)OC(C)C)[C@@H](c2ccccc2C)CC(=O)N1Cc1ccc(C)cc1. The van der Waals surface area contributed by atoms with Gasteiger partial charge in [0.05, 0.1) is 18.2 Å². The highest BCUT2D eigenvalue weighted by Gasteiger charge is 2.37. The number of hydrogen-bond donors (Lipinski definition) is 0. The summed E-state index contributed by atoms with van der Waals surface area (Å²) in [4.78, 5) is 27.9. The highest BCUT2D eigenvalue weighted by molar-refractivity contribution is 5.96. The van der Waals surface area contributed by atoms with Gasteiger partial charge in [-0.15, -0.1) is 0 Å². The Bertz CT molecular complexity index is 941. The van der Waals surface area contributed by atoms with Gasteiger partial charge in [-0.3, -0.25) is 4.79 Å². The zero-order valence-electron chi connectivity index (χ0n) is 17.9. The Morgan fingerprint density at radius 3 is 2.34 bits per heavy atom. The molecular weight excluding hydrogens is 362 g/mol. The average Bonchev–Trinajstić information content (AvgIpc) is 2.66. The molecule has 0 saturated carbocycles. The lowest BCUT2D eigenvalue weighted by molar-refractivity contribution is -0.143. The predicted octanol–water partition coefficient (Wildman–Crippen LogP) is 5.05. The fourth-order valence-corrected chi connectivity index (χ4v) is 3.87. The molecule has 4 heteroatoms. The van der Waals surface area contributed by atoms with Crippen LogP contribution < -0.4 is 0 Å². The predicted molar refractivity (Wildman–Crippen MR) is 114 cm³/mol. The fourth-order valence-electron chi connectivity index (χ4n) is 3.87. The molecule has 29 heavy (non-hydrogen) atoms. The normalized spacial score (nSPS) is 17.1. The largest absolute Gasteiger partial charge is 0.460 e. The minimum absolute atomic E-state index is 0.0254. The summed E-state index contributed by atoms with van der Waals surface area (Å²) in [6, 6.07) is 16.0. The van der Waals surface area contributed by atoms with Gasteiger partial charge in [0.2, 0.25) is 5.91 Å². The van der Waals surface area contributed by atoms with Crippen molar-refractivity contribution in [3.05, 3.63) is 82.1 Å². The number of hydrogen-bond acceptors (Lipinski definition) is 3. The first-order chi connectivity index (χ1) is 13.8. The summed E-state index contributed by atoms with van der Waals surface area (Å²) in [5, 5.41) is 0. The van der Waals surface area contributed by atoms with Crippen molar-refractivity contribution in [2.24, 2.45) is 0 Å². The van der Waals surface area contributed by atoms with E-state index in [0.29, 0.717) is 17.8 Å². The second-order valence-corrected chi connectivity index (χ2v) is 8.03. The Kier molecular flexibility index (Phi) is 6.21. The molecule has 0 fully saturated rings. The minimum atomic E-state index is -0.341. The molecule has 2 aromatic carbocycles. The van der Waals surface area contributed by atoms with Crippen molar-refractivity contribution in [2.75, 3.05) is 0 Å². The monoisotopic (exact) mass is 391 g/mol. The number of amides is 1. The van der Waals surface area contributed by atoms with E-state index in [2.05, 4.69) is 0 Å². The molecule has 4 nitrogen and oxygen atoms in total. The minimum Gasteiger partial charge on any atom is -0.460 e. The number of ether oxygens (including phenoxy) is 1. The van der Waals surface area contributed by atoms with Crippen LogP contribution in [-0.2, 0) is 20.9 Å².